The molecule has 180 valence electrons. The third-order valence-corrected chi connectivity index (χ3v) is 8.29. The van der Waals surface area contributed by atoms with Crippen molar-refractivity contribution in [3.63, 3.8) is 0 Å². The number of fused-ring (bicyclic) bond motifs is 1. The van der Waals surface area contributed by atoms with Crippen molar-refractivity contribution >= 4 is 11.6 Å². The van der Waals surface area contributed by atoms with Gasteiger partial charge in [0, 0.05) is 40.9 Å². The summed E-state index contributed by atoms with van der Waals surface area (Å²) in [7, 11) is 0. The molecule has 2 N–H and O–H groups in total. The second-order valence-electron chi connectivity index (χ2n) is 11.4. The maximum atomic E-state index is 14.1. The van der Waals surface area contributed by atoms with Crippen molar-refractivity contribution in [3.05, 3.63) is 53.1 Å². The van der Waals surface area contributed by atoms with Gasteiger partial charge in [0.25, 0.3) is 0 Å². The summed E-state index contributed by atoms with van der Waals surface area (Å²) in [6.07, 6.45) is 6.13. The highest BCUT2D eigenvalue weighted by Crippen LogP contribution is 2.68. The van der Waals surface area contributed by atoms with Crippen LogP contribution in [0.15, 0.2) is 42.0 Å². The van der Waals surface area contributed by atoms with E-state index in [4.69, 9.17) is 9.47 Å². The molecule has 1 aromatic carbocycles. The zero-order valence-corrected chi connectivity index (χ0v) is 20.6. The van der Waals surface area contributed by atoms with Crippen LogP contribution in [0.1, 0.15) is 70.3 Å². The first-order valence-electron chi connectivity index (χ1n) is 11.8. The molecule has 2 heterocycles. The summed E-state index contributed by atoms with van der Waals surface area (Å²) < 4.78 is 13.5. The number of carbonyl (C=O) groups is 2. The third kappa shape index (κ3) is 2.50. The zero-order valence-electron chi connectivity index (χ0n) is 20.6. The summed E-state index contributed by atoms with van der Waals surface area (Å²) in [6, 6.07) is 1.18. The Hall–Kier alpha value is -2.86. The van der Waals surface area contributed by atoms with Gasteiger partial charge in [-0.25, -0.2) is 0 Å². The number of carbonyl (C=O) groups excluding carboxylic acids is 2. The van der Waals surface area contributed by atoms with E-state index in [1.54, 1.807) is 12.2 Å². The summed E-state index contributed by atoms with van der Waals surface area (Å²) in [5, 5.41) is 21.6. The van der Waals surface area contributed by atoms with Gasteiger partial charge in [-0.15, -0.1) is 6.58 Å². The van der Waals surface area contributed by atoms with E-state index in [1.165, 1.54) is 6.07 Å². The predicted molar refractivity (Wildman–Crippen MR) is 127 cm³/mol. The first-order valence-corrected chi connectivity index (χ1v) is 11.8. The van der Waals surface area contributed by atoms with Crippen LogP contribution in [0.25, 0.3) is 0 Å². The largest absolute Gasteiger partial charge is 0.507 e. The Bertz CT molecular complexity index is 1230. The molecule has 6 rings (SSSR count). The first kappa shape index (κ1) is 22.9. The number of phenols is 2. The molecular formula is C28H32O6. The van der Waals surface area contributed by atoms with Crippen molar-refractivity contribution in [1.29, 1.82) is 0 Å². The SMILES string of the molecule is C=CC(C)(C)c1c(O)cc(O)c2c1OC13C(=C[C@@H]4C[C@H]1C(C)(C)O[C@@]3(CC=C(C)C)C4=O)C2=O. The zero-order chi connectivity index (χ0) is 25.0. The molecule has 2 fully saturated rings. The summed E-state index contributed by atoms with van der Waals surface area (Å²) in [6.45, 7) is 15.4. The van der Waals surface area contributed by atoms with Crippen molar-refractivity contribution in [3.8, 4) is 17.2 Å². The number of ketones is 2. The van der Waals surface area contributed by atoms with E-state index in [2.05, 4.69) is 6.58 Å². The second-order valence-corrected chi connectivity index (χ2v) is 11.4. The maximum absolute atomic E-state index is 14.1. The van der Waals surface area contributed by atoms with Gasteiger partial charge in [0.05, 0.1) is 5.60 Å². The number of ether oxygens (including phenoxy) is 2. The Balaban J connectivity index is 1.87. The maximum Gasteiger partial charge on any atom is 0.200 e. The van der Waals surface area contributed by atoms with Crippen molar-refractivity contribution in [2.24, 2.45) is 11.8 Å². The smallest absolute Gasteiger partial charge is 0.200 e. The van der Waals surface area contributed by atoms with Crippen molar-refractivity contribution in [1.82, 2.24) is 0 Å². The van der Waals surface area contributed by atoms with Gasteiger partial charge in [0.15, 0.2) is 22.8 Å². The van der Waals surface area contributed by atoms with Crippen LogP contribution in [-0.4, -0.2) is 38.6 Å². The predicted octanol–water partition coefficient (Wildman–Crippen LogP) is 4.92. The molecule has 3 aliphatic carbocycles. The molecule has 1 saturated carbocycles. The van der Waals surface area contributed by atoms with Gasteiger partial charge in [-0.2, -0.15) is 0 Å². The Morgan fingerprint density at radius 3 is 2.53 bits per heavy atom. The molecule has 5 aliphatic rings. The Morgan fingerprint density at radius 1 is 1.24 bits per heavy atom. The number of phenolic OH excluding ortho intramolecular Hbond substituents is 2. The quantitative estimate of drug-likeness (QED) is 0.614. The molecule has 0 amide bonds. The molecule has 4 atom stereocenters. The number of Topliss-reactive ketones (excluding diaryl/α,β-unsaturated/α-hetero) is 2. The van der Waals surface area contributed by atoms with E-state index < -0.39 is 28.1 Å². The monoisotopic (exact) mass is 464 g/mol. The van der Waals surface area contributed by atoms with E-state index in [0.29, 0.717) is 17.6 Å². The number of hydrogen-bond acceptors (Lipinski definition) is 6. The van der Waals surface area contributed by atoms with Crippen LogP contribution in [-0.2, 0) is 14.9 Å². The van der Waals surface area contributed by atoms with Gasteiger partial charge in [0.2, 0.25) is 0 Å². The summed E-state index contributed by atoms with van der Waals surface area (Å²) in [4.78, 5) is 28.0. The van der Waals surface area contributed by atoms with Crippen LogP contribution in [0.3, 0.4) is 0 Å². The van der Waals surface area contributed by atoms with Crippen LogP contribution >= 0.6 is 0 Å². The van der Waals surface area contributed by atoms with Gasteiger partial charge in [0.1, 0.15) is 22.8 Å². The molecule has 4 bridgehead atoms. The van der Waals surface area contributed by atoms with Crippen molar-refractivity contribution in [2.75, 3.05) is 0 Å². The fraction of sp³-hybridized carbons (Fsp3) is 0.500. The van der Waals surface area contributed by atoms with Gasteiger partial charge in [-0.05, 0) is 34.1 Å². The standard InChI is InChI=1S/C28H32O6/c1-8-25(4,5)21-18(30)13-17(29)20-22(31)16-11-15-12-19-26(6,7)34-27(24(15)32,10-9-14(2)3)28(16,19)33-23(20)21/h8-9,11,13,15,19,29-30H,1,10,12H2,2-7H3/t15-,19+,27+,28?/m1/s1. The lowest BCUT2D eigenvalue weighted by Gasteiger charge is -2.56. The van der Waals surface area contributed by atoms with E-state index in [-0.39, 0.29) is 46.7 Å². The fourth-order valence-electron chi connectivity index (χ4n) is 6.65. The number of benzene rings is 1. The van der Waals surface area contributed by atoms with Gasteiger partial charge >= 0.3 is 0 Å². The topological polar surface area (TPSA) is 93.1 Å². The molecule has 0 radical (unpaired) electrons. The lowest BCUT2D eigenvalue weighted by molar-refractivity contribution is -0.171. The lowest BCUT2D eigenvalue weighted by Crippen LogP contribution is -2.72. The summed E-state index contributed by atoms with van der Waals surface area (Å²) in [5.41, 5.74) is -2.48. The minimum absolute atomic E-state index is 0.00849. The fourth-order valence-corrected chi connectivity index (χ4v) is 6.65. The molecule has 0 aromatic heterocycles. The molecule has 1 saturated heterocycles. The van der Waals surface area contributed by atoms with E-state index in [9.17, 15) is 19.8 Å². The molecule has 1 unspecified atom stereocenters. The highest BCUT2D eigenvalue weighted by atomic mass is 16.6. The van der Waals surface area contributed by atoms with Crippen LogP contribution < -0.4 is 4.74 Å². The molecule has 2 aliphatic heterocycles. The van der Waals surface area contributed by atoms with Crippen molar-refractivity contribution in [2.45, 2.75) is 76.6 Å². The van der Waals surface area contributed by atoms with E-state index in [1.807, 2.05) is 47.6 Å². The molecule has 6 nitrogen and oxygen atoms in total. The summed E-state index contributed by atoms with van der Waals surface area (Å²) in [5.74, 6) is -1.63. The Kier molecular flexibility index (Phi) is 4.47. The average Bonchev–Trinajstić information content (AvgIpc) is 2.89. The van der Waals surface area contributed by atoms with E-state index in [0.717, 1.165) is 5.57 Å². The minimum atomic E-state index is -1.38. The second kappa shape index (κ2) is 6.63. The number of rotatable bonds is 4. The van der Waals surface area contributed by atoms with Crippen LogP contribution in [0, 0.1) is 11.8 Å². The molecule has 1 aromatic rings. The Morgan fingerprint density at radius 2 is 1.91 bits per heavy atom. The molecule has 34 heavy (non-hydrogen) atoms. The Labute approximate surface area is 200 Å². The molecule has 1 spiro atoms. The third-order valence-electron chi connectivity index (χ3n) is 8.29. The lowest BCUT2D eigenvalue weighted by atomic mass is 9.51. The molecular weight excluding hydrogens is 432 g/mol. The van der Waals surface area contributed by atoms with Crippen LogP contribution in [0.2, 0.25) is 0 Å². The highest BCUT2D eigenvalue weighted by Gasteiger charge is 2.81. The normalized spacial score (nSPS) is 32.5. The van der Waals surface area contributed by atoms with Crippen LogP contribution in [0.4, 0.5) is 0 Å². The van der Waals surface area contributed by atoms with E-state index >= 15 is 0 Å². The van der Waals surface area contributed by atoms with Gasteiger partial charge in [-0.3, -0.25) is 9.59 Å². The van der Waals surface area contributed by atoms with Crippen molar-refractivity contribution < 1.29 is 29.3 Å². The number of aromatic hydroxyl groups is 2. The van der Waals surface area contributed by atoms with Crippen LogP contribution in [0.5, 0.6) is 17.2 Å². The minimum Gasteiger partial charge on any atom is -0.507 e. The number of hydrogen-bond donors (Lipinski definition) is 2. The molecule has 6 heteroatoms. The average molecular weight is 465 g/mol. The first-order chi connectivity index (χ1) is 15.7. The summed E-state index contributed by atoms with van der Waals surface area (Å²) >= 11 is 0. The van der Waals surface area contributed by atoms with Gasteiger partial charge in [-0.1, -0.05) is 37.6 Å². The number of allylic oxidation sites excluding steroid dienone is 3. The van der Waals surface area contributed by atoms with Gasteiger partial charge < -0.3 is 19.7 Å². The highest BCUT2D eigenvalue weighted by molar-refractivity contribution is 6.18.